The fourth-order valence-corrected chi connectivity index (χ4v) is 2.32. The Labute approximate surface area is 105 Å². The summed E-state index contributed by atoms with van der Waals surface area (Å²) >= 11 is 1.62. The molecular formula is C12H14N4S. The minimum atomic E-state index is 0.350. The zero-order chi connectivity index (χ0) is 12.1. The highest BCUT2D eigenvalue weighted by molar-refractivity contribution is 7.10. The third-order valence-electron chi connectivity index (χ3n) is 2.43. The highest BCUT2D eigenvalue weighted by Crippen LogP contribution is 2.13. The van der Waals surface area contributed by atoms with Crippen LogP contribution in [0.25, 0.3) is 0 Å². The van der Waals surface area contributed by atoms with E-state index < -0.39 is 0 Å². The highest BCUT2D eigenvalue weighted by Gasteiger charge is 2.04. The lowest BCUT2D eigenvalue weighted by Crippen LogP contribution is -2.29. The van der Waals surface area contributed by atoms with Crippen molar-refractivity contribution < 1.29 is 0 Å². The van der Waals surface area contributed by atoms with Crippen LogP contribution in [0.15, 0.2) is 29.9 Å². The summed E-state index contributed by atoms with van der Waals surface area (Å²) in [5.74, 6) is 0. The second-order valence-electron chi connectivity index (χ2n) is 3.92. The molecule has 0 amide bonds. The Hall–Kier alpha value is -1.64. The monoisotopic (exact) mass is 246 g/mol. The average molecular weight is 246 g/mol. The summed E-state index contributed by atoms with van der Waals surface area (Å²) in [7, 11) is 0. The second kappa shape index (κ2) is 5.62. The van der Waals surface area contributed by atoms with E-state index in [9.17, 15) is 0 Å². The second-order valence-corrected chi connectivity index (χ2v) is 4.92. The fourth-order valence-electron chi connectivity index (χ4n) is 1.56. The molecule has 1 N–H and O–H groups in total. The molecule has 2 aromatic rings. The number of nitriles is 1. The Kier molecular flexibility index (Phi) is 3.91. The molecule has 2 aromatic heterocycles. The minimum absolute atomic E-state index is 0.350. The Morgan fingerprint density at radius 1 is 1.65 bits per heavy atom. The van der Waals surface area contributed by atoms with Crippen LogP contribution in [-0.4, -0.2) is 15.8 Å². The molecule has 88 valence electrons. The standard InChI is InChI=1S/C12H14N4S/c1-10(8-16-4-2-3-15-16)14-7-12-5-11(6-13)9-17-12/h2-5,9-10,14H,7-8H2,1H3. The van der Waals surface area contributed by atoms with Gasteiger partial charge in [0, 0.05) is 35.2 Å². The largest absolute Gasteiger partial charge is 0.308 e. The van der Waals surface area contributed by atoms with Crippen molar-refractivity contribution in [1.82, 2.24) is 15.1 Å². The van der Waals surface area contributed by atoms with E-state index in [4.69, 9.17) is 5.26 Å². The topological polar surface area (TPSA) is 53.6 Å². The molecule has 1 unspecified atom stereocenters. The van der Waals surface area contributed by atoms with Gasteiger partial charge in [-0.25, -0.2) is 0 Å². The highest BCUT2D eigenvalue weighted by atomic mass is 32.1. The van der Waals surface area contributed by atoms with E-state index in [1.807, 2.05) is 28.4 Å². The summed E-state index contributed by atoms with van der Waals surface area (Å²) in [5.41, 5.74) is 0.742. The van der Waals surface area contributed by atoms with Crippen molar-refractivity contribution in [3.63, 3.8) is 0 Å². The summed E-state index contributed by atoms with van der Waals surface area (Å²) in [4.78, 5) is 1.19. The van der Waals surface area contributed by atoms with Crippen molar-refractivity contribution in [2.45, 2.75) is 26.1 Å². The maximum absolute atomic E-state index is 8.72. The average Bonchev–Trinajstić information content (AvgIpc) is 2.96. The number of nitrogens with one attached hydrogen (secondary N) is 1. The Morgan fingerprint density at radius 2 is 2.53 bits per heavy atom. The smallest absolute Gasteiger partial charge is 0.100 e. The van der Waals surface area contributed by atoms with Gasteiger partial charge in [0.1, 0.15) is 6.07 Å². The van der Waals surface area contributed by atoms with Crippen molar-refractivity contribution in [1.29, 1.82) is 5.26 Å². The van der Waals surface area contributed by atoms with Crippen LogP contribution in [0.3, 0.4) is 0 Å². The molecule has 0 aliphatic carbocycles. The first kappa shape index (κ1) is 11.8. The Morgan fingerprint density at radius 3 is 3.18 bits per heavy atom. The van der Waals surface area contributed by atoms with Crippen LogP contribution >= 0.6 is 11.3 Å². The normalized spacial score (nSPS) is 12.2. The van der Waals surface area contributed by atoms with Gasteiger partial charge in [-0.05, 0) is 19.1 Å². The molecule has 17 heavy (non-hydrogen) atoms. The number of thiophene rings is 1. The minimum Gasteiger partial charge on any atom is -0.308 e. The van der Waals surface area contributed by atoms with E-state index >= 15 is 0 Å². The van der Waals surface area contributed by atoms with Gasteiger partial charge in [0.15, 0.2) is 0 Å². The molecule has 0 saturated carbocycles. The summed E-state index contributed by atoms with van der Waals surface area (Å²) in [6, 6.07) is 6.34. The molecule has 0 radical (unpaired) electrons. The maximum Gasteiger partial charge on any atom is 0.100 e. The van der Waals surface area contributed by atoms with Gasteiger partial charge in [-0.15, -0.1) is 11.3 Å². The van der Waals surface area contributed by atoms with Gasteiger partial charge < -0.3 is 5.32 Å². The van der Waals surface area contributed by atoms with Gasteiger partial charge in [0.05, 0.1) is 12.1 Å². The SMILES string of the molecule is CC(Cn1cccn1)NCc1cc(C#N)cs1. The van der Waals surface area contributed by atoms with Gasteiger partial charge in [-0.2, -0.15) is 10.4 Å². The zero-order valence-electron chi connectivity index (χ0n) is 9.63. The number of rotatable bonds is 5. The van der Waals surface area contributed by atoms with Crippen LogP contribution in [0.5, 0.6) is 0 Å². The molecule has 0 spiro atoms. The molecule has 0 saturated heterocycles. The van der Waals surface area contributed by atoms with Crippen LogP contribution in [0.2, 0.25) is 0 Å². The Balaban J connectivity index is 1.80. The van der Waals surface area contributed by atoms with Crippen molar-refractivity contribution in [3.8, 4) is 6.07 Å². The summed E-state index contributed by atoms with van der Waals surface area (Å²) in [6.07, 6.45) is 3.74. The van der Waals surface area contributed by atoms with Crippen molar-refractivity contribution in [3.05, 3.63) is 40.3 Å². The number of nitrogens with zero attached hydrogens (tertiary/aromatic N) is 3. The van der Waals surface area contributed by atoms with Crippen LogP contribution in [-0.2, 0) is 13.1 Å². The van der Waals surface area contributed by atoms with Crippen LogP contribution in [0, 0.1) is 11.3 Å². The molecule has 0 fully saturated rings. The molecule has 0 aliphatic heterocycles. The lowest BCUT2D eigenvalue weighted by molar-refractivity contribution is 0.452. The zero-order valence-corrected chi connectivity index (χ0v) is 10.4. The third-order valence-corrected chi connectivity index (χ3v) is 3.36. The van der Waals surface area contributed by atoms with E-state index in [-0.39, 0.29) is 0 Å². The molecule has 5 heteroatoms. The van der Waals surface area contributed by atoms with E-state index in [0.29, 0.717) is 6.04 Å². The van der Waals surface area contributed by atoms with Gasteiger partial charge in [0.2, 0.25) is 0 Å². The van der Waals surface area contributed by atoms with Gasteiger partial charge in [-0.3, -0.25) is 4.68 Å². The number of aromatic nitrogens is 2. The first-order chi connectivity index (χ1) is 8.28. The molecule has 2 heterocycles. The molecule has 0 aromatic carbocycles. The number of hydrogen-bond acceptors (Lipinski definition) is 4. The summed E-state index contributed by atoms with van der Waals surface area (Å²) in [6.45, 7) is 3.78. The lowest BCUT2D eigenvalue weighted by atomic mass is 10.3. The van der Waals surface area contributed by atoms with Crippen LogP contribution < -0.4 is 5.32 Å². The number of hydrogen-bond donors (Lipinski definition) is 1. The fraction of sp³-hybridized carbons (Fsp3) is 0.333. The van der Waals surface area contributed by atoms with E-state index in [2.05, 4.69) is 23.4 Å². The van der Waals surface area contributed by atoms with Gasteiger partial charge in [0.25, 0.3) is 0 Å². The molecule has 1 atom stereocenters. The van der Waals surface area contributed by atoms with Crippen molar-refractivity contribution in [2.24, 2.45) is 0 Å². The lowest BCUT2D eigenvalue weighted by Gasteiger charge is -2.12. The van der Waals surface area contributed by atoms with E-state index in [1.165, 1.54) is 4.88 Å². The summed E-state index contributed by atoms with van der Waals surface area (Å²) in [5, 5.41) is 18.2. The molecule has 0 aliphatic rings. The van der Waals surface area contributed by atoms with Crippen molar-refractivity contribution in [2.75, 3.05) is 0 Å². The van der Waals surface area contributed by atoms with E-state index in [1.54, 1.807) is 17.5 Å². The molecule has 4 nitrogen and oxygen atoms in total. The van der Waals surface area contributed by atoms with Gasteiger partial charge >= 0.3 is 0 Å². The predicted octanol–water partition coefficient (Wildman–Crippen LogP) is 1.99. The maximum atomic E-state index is 8.72. The van der Waals surface area contributed by atoms with Crippen molar-refractivity contribution >= 4 is 11.3 Å². The van der Waals surface area contributed by atoms with Crippen LogP contribution in [0.4, 0.5) is 0 Å². The predicted molar refractivity (Wildman–Crippen MR) is 67.6 cm³/mol. The van der Waals surface area contributed by atoms with Gasteiger partial charge in [-0.1, -0.05) is 0 Å². The first-order valence-corrected chi connectivity index (χ1v) is 6.34. The van der Waals surface area contributed by atoms with E-state index in [0.717, 1.165) is 18.7 Å². The summed E-state index contributed by atoms with van der Waals surface area (Å²) < 4.78 is 1.91. The third kappa shape index (κ3) is 3.41. The molecule has 0 bridgehead atoms. The molecule has 2 rings (SSSR count). The van der Waals surface area contributed by atoms with Crippen LogP contribution in [0.1, 0.15) is 17.4 Å². The molecular weight excluding hydrogens is 232 g/mol. The quantitative estimate of drug-likeness (QED) is 0.878. The Bertz CT molecular complexity index is 495. The first-order valence-electron chi connectivity index (χ1n) is 5.46.